The fourth-order valence-electron chi connectivity index (χ4n) is 4.79. The first-order valence-electron chi connectivity index (χ1n) is 13.2. The third kappa shape index (κ3) is 4.74. The number of alkyl halides is 5. The number of sulfone groups is 1. The van der Waals surface area contributed by atoms with Crippen molar-refractivity contribution in [2.75, 3.05) is 5.75 Å². The largest absolute Gasteiger partial charge is 0.459 e. The van der Waals surface area contributed by atoms with Gasteiger partial charge in [-0.05, 0) is 48.7 Å². The average molecular weight is 646 g/mol. The van der Waals surface area contributed by atoms with Crippen molar-refractivity contribution in [1.82, 2.24) is 39.1 Å². The predicted octanol–water partition coefficient (Wildman–Crippen LogP) is 3.76. The van der Waals surface area contributed by atoms with Crippen molar-refractivity contribution in [3.63, 3.8) is 0 Å². The number of nitrogens with zero attached hydrogens (tertiary/aromatic N) is 9. The maximum atomic E-state index is 14.0. The van der Waals surface area contributed by atoms with Crippen LogP contribution in [0.2, 0.25) is 0 Å². The van der Waals surface area contributed by atoms with Gasteiger partial charge >= 0.3 is 17.8 Å². The summed E-state index contributed by atoms with van der Waals surface area (Å²) < 4.78 is 96.1. The molecule has 1 saturated carbocycles. The predicted molar refractivity (Wildman–Crippen MR) is 146 cm³/mol. The van der Waals surface area contributed by atoms with Crippen LogP contribution in [0.1, 0.15) is 31.0 Å². The monoisotopic (exact) mass is 645 g/mol. The van der Waals surface area contributed by atoms with E-state index in [1.807, 2.05) is 0 Å². The molecular formula is C27H20F5N9O3S. The highest BCUT2D eigenvalue weighted by molar-refractivity contribution is 7.91. The molecule has 4 aromatic heterocycles. The Labute approximate surface area is 250 Å². The van der Waals surface area contributed by atoms with Crippen molar-refractivity contribution >= 4 is 21.0 Å². The number of imidazole rings is 1. The molecular weight excluding hydrogens is 625 g/mol. The Hall–Kier alpha value is -5.05. The summed E-state index contributed by atoms with van der Waals surface area (Å²) in [5.41, 5.74) is -2.60. The number of nitriles is 1. The van der Waals surface area contributed by atoms with E-state index in [0.29, 0.717) is 11.8 Å². The Morgan fingerprint density at radius 3 is 2.31 bits per heavy atom. The highest BCUT2D eigenvalue weighted by Gasteiger charge is 2.60. The summed E-state index contributed by atoms with van der Waals surface area (Å²) in [5.74, 6) is -6.08. The Balaban J connectivity index is 1.46. The Morgan fingerprint density at radius 1 is 1.02 bits per heavy atom. The summed E-state index contributed by atoms with van der Waals surface area (Å²) in [6, 6.07) is 11.9. The Kier molecular flexibility index (Phi) is 6.66. The second-order valence-corrected chi connectivity index (χ2v) is 12.6. The lowest BCUT2D eigenvalue weighted by molar-refractivity contribution is -0.291. The number of benzene rings is 1. The molecule has 4 heterocycles. The number of aryl methyl sites for hydroxylation is 1. The van der Waals surface area contributed by atoms with Crippen LogP contribution in [0.15, 0.2) is 58.5 Å². The van der Waals surface area contributed by atoms with Crippen molar-refractivity contribution in [2.24, 2.45) is 7.05 Å². The summed E-state index contributed by atoms with van der Waals surface area (Å²) in [6.45, 7) is 1.37. The van der Waals surface area contributed by atoms with Crippen LogP contribution >= 0.6 is 0 Å². The van der Waals surface area contributed by atoms with Crippen LogP contribution in [-0.2, 0) is 28.2 Å². The maximum Gasteiger partial charge on any atom is 0.459 e. The molecule has 1 fully saturated rings. The summed E-state index contributed by atoms with van der Waals surface area (Å²) in [7, 11) is -2.68. The zero-order chi connectivity index (χ0) is 32.5. The van der Waals surface area contributed by atoms with Crippen LogP contribution in [-0.4, -0.2) is 59.4 Å². The lowest BCUT2D eigenvalue weighted by Gasteiger charge is -2.17. The van der Waals surface area contributed by atoms with Crippen LogP contribution < -0.4 is 5.69 Å². The number of hydrogen-bond donors (Lipinski definition) is 0. The number of hydrogen-bond acceptors (Lipinski definition) is 9. The second kappa shape index (κ2) is 9.99. The lowest BCUT2D eigenvalue weighted by atomic mass is 9.98. The second-order valence-electron chi connectivity index (χ2n) is 10.4. The number of fused-ring (bicyclic) bond motifs is 1. The molecule has 1 aromatic carbocycles. The van der Waals surface area contributed by atoms with Gasteiger partial charge in [0.1, 0.15) is 23.2 Å². The fraction of sp³-hybridized carbons (Fsp3) is 0.296. The van der Waals surface area contributed by atoms with Gasteiger partial charge in [0.25, 0.3) is 0 Å². The molecule has 0 radical (unpaired) electrons. The topological polar surface area (TPSA) is 154 Å². The zero-order valence-corrected chi connectivity index (χ0v) is 24.1. The average Bonchev–Trinajstić information content (AvgIpc) is 3.62. The first kappa shape index (κ1) is 30.0. The van der Waals surface area contributed by atoms with Gasteiger partial charge in [-0.3, -0.25) is 0 Å². The third-order valence-corrected chi connectivity index (χ3v) is 9.37. The minimum Gasteiger partial charge on any atom is -0.309 e. The summed E-state index contributed by atoms with van der Waals surface area (Å²) in [6.07, 6.45) is -3.23. The summed E-state index contributed by atoms with van der Waals surface area (Å²) >= 11 is 0. The van der Waals surface area contributed by atoms with Crippen molar-refractivity contribution < 1.29 is 30.4 Å². The maximum absolute atomic E-state index is 14.0. The lowest BCUT2D eigenvalue weighted by Crippen LogP contribution is -2.34. The number of halogens is 5. The van der Waals surface area contributed by atoms with Crippen LogP contribution in [0.25, 0.3) is 34.2 Å². The van der Waals surface area contributed by atoms with Gasteiger partial charge in [-0.2, -0.15) is 37.0 Å². The van der Waals surface area contributed by atoms with Crippen LogP contribution in [0.3, 0.4) is 0 Å². The fourth-order valence-corrected chi connectivity index (χ4v) is 5.80. The zero-order valence-electron chi connectivity index (χ0n) is 23.3. The van der Waals surface area contributed by atoms with Gasteiger partial charge in [-0.25, -0.2) is 27.7 Å². The SMILES string of the molecule is CCS(=O)(=O)c1ccc(-n2ncn(-c3ccc(C4(C#N)CC4)cc3)c2=O)nc1-c1nc2cc(C(F)(F)C(F)(F)F)nnc2n1C. The quantitative estimate of drug-likeness (QED) is 0.241. The van der Waals surface area contributed by atoms with E-state index < -0.39 is 44.3 Å². The molecule has 0 atom stereocenters. The van der Waals surface area contributed by atoms with E-state index in [-0.39, 0.29) is 33.6 Å². The first-order valence-corrected chi connectivity index (χ1v) is 14.9. The van der Waals surface area contributed by atoms with Crippen molar-refractivity contribution in [3.8, 4) is 29.1 Å². The van der Waals surface area contributed by atoms with E-state index >= 15 is 0 Å². The molecule has 0 spiro atoms. The van der Waals surface area contributed by atoms with Gasteiger partial charge in [0.2, 0.25) is 0 Å². The van der Waals surface area contributed by atoms with Gasteiger partial charge in [0, 0.05) is 7.05 Å². The molecule has 0 amide bonds. The van der Waals surface area contributed by atoms with E-state index in [1.54, 1.807) is 24.3 Å². The van der Waals surface area contributed by atoms with Crippen LogP contribution in [0, 0.1) is 11.3 Å². The third-order valence-electron chi connectivity index (χ3n) is 7.61. The minimum atomic E-state index is -5.94. The molecule has 0 N–H and O–H groups in total. The van der Waals surface area contributed by atoms with Gasteiger partial charge in [-0.1, -0.05) is 19.1 Å². The summed E-state index contributed by atoms with van der Waals surface area (Å²) in [4.78, 5) is 21.5. The summed E-state index contributed by atoms with van der Waals surface area (Å²) in [5, 5.41) is 20.1. The molecule has 12 nitrogen and oxygen atoms in total. The molecule has 0 bridgehead atoms. The van der Waals surface area contributed by atoms with Crippen molar-refractivity contribution in [1.29, 1.82) is 5.26 Å². The molecule has 0 saturated heterocycles. The molecule has 5 aromatic rings. The highest BCUT2D eigenvalue weighted by Crippen LogP contribution is 2.47. The molecule has 0 aliphatic heterocycles. The molecule has 1 aliphatic carbocycles. The van der Waals surface area contributed by atoms with Crippen LogP contribution in [0.4, 0.5) is 22.0 Å². The molecule has 232 valence electrons. The van der Waals surface area contributed by atoms with Gasteiger partial charge < -0.3 is 4.57 Å². The van der Waals surface area contributed by atoms with Crippen molar-refractivity contribution in [2.45, 2.75) is 42.2 Å². The molecule has 6 rings (SSSR count). The van der Waals surface area contributed by atoms with E-state index in [9.17, 15) is 40.4 Å². The van der Waals surface area contributed by atoms with Gasteiger partial charge in [-0.15, -0.1) is 10.2 Å². The van der Waals surface area contributed by atoms with Gasteiger partial charge in [0.05, 0.1) is 27.8 Å². The number of aromatic nitrogens is 8. The van der Waals surface area contributed by atoms with Crippen molar-refractivity contribution in [3.05, 3.63) is 70.5 Å². The Bertz CT molecular complexity index is 2190. The highest BCUT2D eigenvalue weighted by atomic mass is 32.2. The van der Waals surface area contributed by atoms with Crippen LogP contribution in [0.5, 0.6) is 0 Å². The van der Waals surface area contributed by atoms with Gasteiger partial charge in [0.15, 0.2) is 27.1 Å². The molecule has 45 heavy (non-hydrogen) atoms. The van der Waals surface area contributed by atoms with E-state index in [0.717, 1.165) is 27.7 Å². The standard InChI is InChI=1S/C27H20F5N9O3S/c1-3-45(43,44)18-8-9-20(41-24(42)40(14-34-41)16-6-4-15(5-7-16)25(13-33)10-11-25)36-21(18)23-35-17-12-19(26(28,29)27(30,31)32)37-38-22(17)39(23)2/h4-9,12,14H,3,10-11H2,1-2H3. The van der Waals surface area contributed by atoms with E-state index in [4.69, 9.17) is 0 Å². The van der Waals surface area contributed by atoms with E-state index in [2.05, 4.69) is 31.3 Å². The first-order chi connectivity index (χ1) is 21.1. The number of pyridine rings is 1. The number of rotatable bonds is 7. The minimum absolute atomic E-state index is 0.135. The normalized spacial score (nSPS) is 14.9. The smallest absolute Gasteiger partial charge is 0.309 e. The Morgan fingerprint density at radius 2 is 1.71 bits per heavy atom. The molecule has 0 unspecified atom stereocenters. The molecule has 1 aliphatic rings. The van der Waals surface area contributed by atoms with E-state index in [1.165, 1.54) is 37.0 Å². The molecule has 18 heteroatoms.